The lowest BCUT2D eigenvalue weighted by Gasteiger charge is -2.39. The Morgan fingerprint density at radius 2 is 2.20 bits per heavy atom. The van der Waals surface area contributed by atoms with Crippen molar-refractivity contribution in [3.8, 4) is 0 Å². The number of ether oxygens (including phenoxy) is 2. The third kappa shape index (κ3) is 2.57. The summed E-state index contributed by atoms with van der Waals surface area (Å²) >= 11 is 0. The molecular weight excluding hydrogens is 256 g/mol. The maximum Gasteiger partial charge on any atom is 0.0940 e. The van der Waals surface area contributed by atoms with Crippen molar-refractivity contribution in [2.45, 2.75) is 44.8 Å². The SMILES string of the molecule is Cc1cc(C(O)C2CCOC3(CCOC3)C2)c(C)nn1. The summed E-state index contributed by atoms with van der Waals surface area (Å²) < 4.78 is 11.4. The van der Waals surface area contributed by atoms with Crippen molar-refractivity contribution in [1.29, 1.82) is 0 Å². The largest absolute Gasteiger partial charge is 0.388 e. The topological polar surface area (TPSA) is 64.5 Å². The van der Waals surface area contributed by atoms with Gasteiger partial charge in [-0.15, -0.1) is 0 Å². The highest BCUT2D eigenvalue weighted by atomic mass is 16.6. The average molecular weight is 278 g/mol. The lowest BCUT2D eigenvalue weighted by molar-refractivity contribution is -0.117. The van der Waals surface area contributed by atoms with Crippen LogP contribution >= 0.6 is 0 Å². The zero-order chi connectivity index (χ0) is 14.2. The standard InChI is InChI=1S/C15H22N2O3/c1-10-7-13(11(2)17-16-10)14(18)12-3-5-20-15(8-12)4-6-19-9-15/h7,12,14,18H,3-6,8-9H2,1-2H3. The molecule has 0 bridgehead atoms. The van der Waals surface area contributed by atoms with Crippen molar-refractivity contribution in [2.75, 3.05) is 19.8 Å². The first kappa shape index (κ1) is 13.9. The highest BCUT2D eigenvalue weighted by Gasteiger charge is 2.43. The molecule has 0 saturated carbocycles. The maximum atomic E-state index is 10.7. The summed E-state index contributed by atoms with van der Waals surface area (Å²) in [5, 5.41) is 18.9. The van der Waals surface area contributed by atoms with Gasteiger partial charge in [0, 0.05) is 25.2 Å². The third-order valence-corrected chi connectivity index (χ3v) is 4.50. The van der Waals surface area contributed by atoms with Crippen LogP contribution in [0, 0.1) is 19.8 Å². The van der Waals surface area contributed by atoms with Gasteiger partial charge in [-0.05, 0) is 38.7 Å². The van der Waals surface area contributed by atoms with Crippen LogP contribution in [0.1, 0.15) is 42.3 Å². The molecule has 5 heteroatoms. The molecule has 2 fully saturated rings. The Morgan fingerprint density at radius 3 is 2.95 bits per heavy atom. The second-order valence-corrected chi connectivity index (χ2v) is 6.06. The van der Waals surface area contributed by atoms with E-state index in [1.54, 1.807) is 0 Å². The van der Waals surface area contributed by atoms with E-state index in [9.17, 15) is 5.11 Å². The predicted octanol–water partition coefficient (Wildman–Crippen LogP) is 1.71. The van der Waals surface area contributed by atoms with Crippen LogP contribution in [0.2, 0.25) is 0 Å². The van der Waals surface area contributed by atoms with Crippen molar-refractivity contribution in [3.63, 3.8) is 0 Å². The zero-order valence-electron chi connectivity index (χ0n) is 12.1. The Kier molecular flexibility index (Phi) is 3.75. The van der Waals surface area contributed by atoms with Gasteiger partial charge < -0.3 is 14.6 Å². The molecule has 2 saturated heterocycles. The summed E-state index contributed by atoms with van der Waals surface area (Å²) in [5.74, 6) is 0.202. The van der Waals surface area contributed by atoms with Gasteiger partial charge in [-0.2, -0.15) is 10.2 Å². The van der Waals surface area contributed by atoms with Crippen LogP contribution in [-0.2, 0) is 9.47 Å². The van der Waals surface area contributed by atoms with Gasteiger partial charge in [-0.3, -0.25) is 0 Å². The van der Waals surface area contributed by atoms with E-state index in [0.29, 0.717) is 13.2 Å². The molecule has 3 atom stereocenters. The smallest absolute Gasteiger partial charge is 0.0940 e. The molecule has 3 heterocycles. The van der Waals surface area contributed by atoms with Crippen LogP contribution in [-0.4, -0.2) is 40.7 Å². The number of aromatic nitrogens is 2. The fourth-order valence-electron chi connectivity index (χ4n) is 3.32. The summed E-state index contributed by atoms with van der Waals surface area (Å²) in [4.78, 5) is 0. The van der Waals surface area contributed by atoms with E-state index in [0.717, 1.165) is 42.8 Å². The molecule has 2 aliphatic heterocycles. The van der Waals surface area contributed by atoms with E-state index >= 15 is 0 Å². The molecule has 1 N–H and O–H groups in total. The average Bonchev–Trinajstić information content (AvgIpc) is 2.88. The van der Waals surface area contributed by atoms with Crippen molar-refractivity contribution in [1.82, 2.24) is 10.2 Å². The van der Waals surface area contributed by atoms with Crippen molar-refractivity contribution in [3.05, 3.63) is 23.0 Å². The van der Waals surface area contributed by atoms with E-state index in [1.165, 1.54) is 0 Å². The van der Waals surface area contributed by atoms with Gasteiger partial charge >= 0.3 is 0 Å². The van der Waals surface area contributed by atoms with E-state index < -0.39 is 6.10 Å². The van der Waals surface area contributed by atoms with Crippen LogP contribution in [0.4, 0.5) is 0 Å². The van der Waals surface area contributed by atoms with E-state index in [2.05, 4.69) is 10.2 Å². The first-order valence-corrected chi connectivity index (χ1v) is 7.30. The number of hydrogen-bond acceptors (Lipinski definition) is 5. The normalized spacial score (nSPS) is 31.6. The Labute approximate surface area is 119 Å². The number of aliphatic hydroxyl groups excluding tert-OH is 1. The van der Waals surface area contributed by atoms with Gasteiger partial charge in [0.25, 0.3) is 0 Å². The van der Waals surface area contributed by atoms with Crippen molar-refractivity contribution < 1.29 is 14.6 Å². The minimum absolute atomic E-state index is 0.173. The number of rotatable bonds is 2. The zero-order valence-corrected chi connectivity index (χ0v) is 12.1. The molecule has 1 aromatic heterocycles. The highest BCUT2D eigenvalue weighted by molar-refractivity contribution is 5.23. The molecule has 2 aliphatic rings. The fraction of sp³-hybridized carbons (Fsp3) is 0.733. The molecule has 110 valence electrons. The maximum absolute atomic E-state index is 10.7. The molecule has 3 unspecified atom stereocenters. The summed E-state index contributed by atoms with van der Waals surface area (Å²) in [6.45, 7) is 5.92. The monoisotopic (exact) mass is 278 g/mol. The quantitative estimate of drug-likeness (QED) is 0.892. The number of hydrogen-bond donors (Lipinski definition) is 1. The molecule has 0 radical (unpaired) electrons. The number of nitrogens with zero attached hydrogens (tertiary/aromatic N) is 2. The van der Waals surface area contributed by atoms with Crippen LogP contribution in [0.5, 0.6) is 0 Å². The Bertz CT molecular complexity index is 486. The lowest BCUT2D eigenvalue weighted by atomic mass is 9.80. The van der Waals surface area contributed by atoms with E-state index in [-0.39, 0.29) is 11.5 Å². The van der Waals surface area contributed by atoms with Crippen LogP contribution in [0.15, 0.2) is 6.07 Å². The van der Waals surface area contributed by atoms with Crippen molar-refractivity contribution in [2.24, 2.45) is 5.92 Å². The molecular formula is C15H22N2O3. The first-order chi connectivity index (χ1) is 9.60. The van der Waals surface area contributed by atoms with Crippen LogP contribution in [0.3, 0.4) is 0 Å². The van der Waals surface area contributed by atoms with Gasteiger partial charge in [0.05, 0.1) is 29.7 Å². The van der Waals surface area contributed by atoms with Gasteiger partial charge in [-0.1, -0.05) is 0 Å². The summed E-state index contributed by atoms with van der Waals surface area (Å²) in [6.07, 6.45) is 2.17. The summed E-state index contributed by atoms with van der Waals surface area (Å²) in [7, 11) is 0. The molecule has 1 spiro atoms. The lowest BCUT2D eigenvalue weighted by Crippen LogP contribution is -2.42. The van der Waals surface area contributed by atoms with Gasteiger partial charge in [-0.25, -0.2) is 0 Å². The number of aliphatic hydroxyl groups is 1. The van der Waals surface area contributed by atoms with E-state index in [4.69, 9.17) is 9.47 Å². The highest BCUT2D eigenvalue weighted by Crippen LogP contribution is 2.41. The van der Waals surface area contributed by atoms with Crippen molar-refractivity contribution >= 4 is 0 Å². The molecule has 5 nitrogen and oxygen atoms in total. The Balaban J connectivity index is 1.79. The van der Waals surface area contributed by atoms with Gasteiger partial charge in [0.2, 0.25) is 0 Å². The minimum atomic E-state index is -0.495. The molecule has 20 heavy (non-hydrogen) atoms. The van der Waals surface area contributed by atoms with Gasteiger partial charge in [0.15, 0.2) is 0 Å². The fourth-order valence-corrected chi connectivity index (χ4v) is 3.32. The minimum Gasteiger partial charge on any atom is -0.388 e. The molecule has 0 aromatic carbocycles. The third-order valence-electron chi connectivity index (χ3n) is 4.50. The molecule has 0 amide bonds. The Morgan fingerprint density at radius 1 is 1.35 bits per heavy atom. The van der Waals surface area contributed by atoms with Gasteiger partial charge in [0.1, 0.15) is 0 Å². The van der Waals surface area contributed by atoms with E-state index in [1.807, 2.05) is 19.9 Å². The molecule has 1 aromatic rings. The summed E-state index contributed by atoms with van der Waals surface area (Å²) in [5.41, 5.74) is 2.38. The number of aryl methyl sites for hydroxylation is 2. The van der Waals surface area contributed by atoms with Crippen LogP contribution < -0.4 is 0 Å². The molecule has 0 aliphatic carbocycles. The first-order valence-electron chi connectivity index (χ1n) is 7.30. The second kappa shape index (κ2) is 5.39. The van der Waals surface area contributed by atoms with Crippen LogP contribution in [0.25, 0.3) is 0 Å². The second-order valence-electron chi connectivity index (χ2n) is 6.06. The summed E-state index contributed by atoms with van der Waals surface area (Å²) in [6, 6.07) is 1.94. The Hall–Kier alpha value is -1.04. The predicted molar refractivity (Wildman–Crippen MR) is 73.3 cm³/mol. The molecule has 3 rings (SSSR count).